The summed E-state index contributed by atoms with van der Waals surface area (Å²) in [5.41, 5.74) is 2.68. The number of anilines is 2. The van der Waals surface area contributed by atoms with E-state index in [0.29, 0.717) is 18.3 Å². The van der Waals surface area contributed by atoms with E-state index < -0.39 is 0 Å². The van der Waals surface area contributed by atoms with Gasteiger partial charge in [-0.25, -0.2) is 9.18 Å². The Kier molecular flexibility index (Phi) is 6.51. The standard InChI is InChI=1S/C24H28FN3O3/c1-17(29)26-20-9-5-18(6-10-20)14-22-4-2-3-13-27(22)15-23-16-31-24(30)28(23)21-11-7-19(25)8-12-21/h5-12,22-23H,2-4,13-16H2,1H3,(H,26,29). The lowest BCUT2D eigenvalue weighted by Crippen LogP contribution is -2.49. The molecule has 2 heterocycles. The first-order valence-electron chi connectivity index (χ1n) is 10.8. The zero-order valence-corrected chi connectivity index (χ0v) is 17.7. The molecule has 1 N–H and O–H groups in total. The maximum atomic E-state index is 13.3. The minimum Gasteiger partial charge on any atom is -0.447 e. The number of benzene rings is 2. The van der Waals surface area contributed by atoms with Crippen LogP contribution in [-0.2, 0) is 16.0 Å². The zero-order valence-electron chi connectivity index (χ0n) is 17.7. The van der Waals surface area contributed by atoms with Gasteiger partial charge in [0, 0.05) is 30.9 Å². The molecule has 0 aromatic heterocycles. The molecule has 0 saturated carbocycles. The van der Waals surface area contributed by atoms with E-state index in [1.165, 1.54) is 31.0 Å². The lowest BCUT2D eigenvalue weighted by atomic mass is 9.95. The van der Waals surface area contributed by atoms with Crippen molar-refractivity contribution in [3.63, 3.8) is 0 Å². The number of cyclic esters (lactones) is 1. The van der Waals surface area contributed by atoms with Crippen LogP contribution in [0.3, 0.4) is 0 Å². The average molecular weight is 426 g/mol. The fourth-order valence-corrected chi connectivity index (χ4v) is 4.51. The maximum Gasteiger partial charge on any atom is 0.414 e. The van der Waals surface area contributed by atoms with Gasteiger partial charge in [-0.05, 0) is 67.8 Å². The lowest BCUT2D eigenvalue weighted by molar-refractivity contribution is -0.114. The molecule has 2 fully saturated rings. The first kappa shape index (κ1) is 21.3. The van der Waals surface area contributed by atoms with Gasteiger partial charge in [-0.15, -0.1) is 0 Å². The normalized spacial score (nSPS) is 21.7. The third-order valence-electron chi connectivity index (χ3n) is 6.01. The van der Waals surface area contributed by atoms with Crippen LogP contribution < -0.4 is 10.2 Å². The Labute approximate surface area is 182 Å². The second kappa shape index (κ2) is 9.47. The van der Waals surface area contributed by atoms with Gasteiger partial charge < -0.3 is 10.1 Å². The van der Waals surface area contributed by atoms with Crippen LogP contribution in [0.2, 0.25) is 0 Å². The fourth-order valence-electron chi connectivity index (χ4n) is 4.51. The largest absolute Gasteiger partial charge is 0.447 e. The highest BCUT2D eigenvalue weighted by Crippen LogP contribution is 2.27. The van der Waals surface area contributed by atoms with E-state index in [0.717, 1.165) is 38.0 Å². The van der Waals surface area contributed by atoms with Gasteiger partial charge in [-0.1, -0.05) is 18.6 Å². The molecule has 0 bridgehead atoms. The summed E-state index contributed by atoms with van der Waals surface area (Å²) in [5.74, 6) is -0.404. The molecular weight excluding hydrogens is 397 g/mol. The van der Waals surface area contributed by atoms with Gasteiger partial charge in [0.15, 0.2) is 0 Å². The van der Waals surface area contributed by atoms with Gasteiger partial charge >= 0.3 is 6.09 Å². The fraction of sp³-hybridized carbons (Fsp3) is 0.417. The molecule has 0 aliphatic carbocycles. The molecule has 2 aliphatic rings. The Bertz CT molecular complexity index is 917. The Morgan fingerprint density at radius 2 is 1.84 bits per heavy atom. The molecular formula is C24H28FN3O3. The highest BCUT2D eigenvalue weighted by atomic mass is 19.1. The monoisotopic (exact) mass is 425 g/mol. The number of amides is 2. The van der Waals surface area contributed by atoms with E-state index >= 15 is 0 Å². The van der Waals surface area contributed by atoms with Crippen molar-refractivity contribution in [3.05, 3.63) is 59.9 Å². The van der Waals surface area contributed by atoms with Crippen molar-refractivity contribution in [3.8, 4) is 0 Å². The van der Waals surface area contributed by atoms with Gasteiger partial charge in [0.1, 0.15) is 12.4 Å². The summed E-state index contributed by atoms with van der Waals surface area (Å²) >= 11 is 0. The first-order valence-corrected chi connectivity index (χ1v) is 10.8. The molecule has 2 aromatic carbocycles. The summed E-state index contributed by atoms with van der Waals surface area (Å²) in [7, 11) is 0. The summed E-state index contributed by atoms with van der Waals surface area (Å²) in [6.45, 7) is 3.54. The summed E-state index contributed by atoms with van der Waals surface area (Å²) in [6, 6.07) is 14.3. The number of nitrogens with zero attached hydrogens (tertiary/aromatic N) is 2. The second-order valence-electron chi connectivity index (χ2n) is 8.30. The third kappa shape index (κ3) is 5.22. The van der Waals surface area contributed by atoms with Crippen LogP contribution in [-0.4, -0.2) is 48.7 Å². The molecule has 7 heteroatoms. The minimum atomic E-state index is -0.376. The average Bonchev–Trinajstić information content (AvgIpc) is 3.11. The summed E-state index contributed by atoms with van der Waals surface area (Å²) < 4.78 is 18.7. The predicted molar refractivity (Wildman–Crippen MR) is 118 cm³/mol. The van der Waals surface area contributed by atoms with E-state index in [4.69, 9.17) is 4.74 Å². The van der Waals surface area contributed by atoms with Crippen molar-refractivity contribution in [2.24, 2.45) is 0 Å². The van der Waals surface area contributed by atoms with Crippen LogP contribution >= 0.6 is 0 Å². The third-order valence-corrected chi connectivity index (χ3v) is 6.01. The van der Waals surface area contributed by atoms with Gasteiger partial charge in [-0.3, -0.25) is 14.6 Å². The molecule has 2 amide bonds. The molecule has 2 aromatic rings. The van der Waals surface area contributed by atoms with Crippen molar-refractivity contribution in [1.29, 1.82) is 0 Å². The number of hydrogen-bond acceptors (Lipinski definition) is 4. The molecule has 0 spiro atoms. The summed E-state index contributed by atoms with van der Waals surface area (Å²) in [6.07, 6.45) is 3.96. The van der Waals surface area contributed by atoms with Crippen molar-refractivity contribution in [2.75, 3.05) is 29.9 Å². The van der Waals surface area contributed by atoms with E-state index in [-0.39, 0.29) is 23.9 Å². The van der Waals surface area contributed by atoms with Gasteiger partial charge in [-0.2, -0.15) is 0 Å². The second-order valence-corrected chi connectivity index (χ2v) is 8.30. The number of halogens is 1. The van der Waals surface area contributed by atoms with Crippen LogP contribution in [0.25, 0.3) is 0 Å². The molecule has 4 rings (SSSR count). The molecule has 164 valence electrons. The topological polar surface area (TPSA) is 61.9 Å². The van der Waals surface area contributed by atoms with Gasteiger partial charge in [0.25, 0.3) is 0 Å². The van der Waals surface area contributed by atoms with Crippen molar-refractivity contribution < 1.29 is 18.7 Å². The van der Waals surface area contributed by atoms with Crippen molar-refractivity contribution >= 4 is 23.4 Å². The lowest BCUT2D eigenvalue weighted by Gasteiger charge is -2.38. The smallest absolute Gasteiger partial charge is 0.414 e. The first-order chi connectivity index (χ1) is 15.0. The highest BCUT2D eigenvalue weighted by Gasteiger charge is 2.37. The van der Waals surface area contributed by atoms with Crippen LogP contribution in [0.15, 0.2) is 48.5 Å². The zero-order chi connectivity index (χ0) is 21.8. The number of piperidine rings is 1. The van der Waals surface area contributed by atoms with E-state index in [2.05, 4.69) is 22.3 Å². The van der Waals surface area contributed by atoms with Crippen molar-refractivity contribution in [1.82, 2.24) is 4.90 Å². The molecule has 2 unspecified atom stereocenters. The Morgan fingerprint density at radius 3 is 2.55 bits per heavy atom. The number of rotatable bonds is 6. The molecule has 31 heavy (non-hydrogen) atoms. The molecule has 2 aliphatic heterocycles. The number of nitrogens with one attached hydrogen (secondary N) is 1. The van der Waals surface area contributed by atoms with Crippen LogP contribution in [0.5, 0.6) is 0 Å². The van der Waals surface area contributed by atoms with E-state index in [9.17, 15) is 14.0 Å². The summed E-state index contributed by atoms with van der Waals surface area (Å²) in [5, 5.41) is 2.80. The molecule has 2 saturated heterocycles. The number of carbonyl (C=O) groups is 2. The van der Waals surface area contributed by atoms with Crippen molar-refractivity contribution in [2.45, 2.75) is 44.7 Å². The van der Waals surface area contributed by atoms with Crippen LogP contribution in [0.1, 0.15) is 31.7 Å². The van der Waals surface area contributed by atoms with E-state index in [1.807, 2.05) is 12.1 Å². The maximum absolute atomic E-state index is 13.3. The molecule has 6 nitrogen and oxygen atoms in total. The summed E-state index contributed by atoms with van der Waals surface area (Å²) in [4.78, 5) is 27.7. The number of likely N-dealkylation sites (tertiary alicyclic amines) is 1. The quantitative estimate of drug-likeness (QED) is 0.753. The van der Waals surface area contributed by atoms with Gasteiger partial charge in [0.05, 0.1) is 6.04 Å². The Balaban J connectivity index is 1.44. The minimum absolute atomic E-state index is 0.0785. The van der Waals surface area contributed by atoms with Gasteiger partial charge in [0.2, 0.25) is 5.91 Å². The number of carbonyl (C=O) groups excluding carboxylic acids is 2. The SMILES string of the molecule is CC(=O)Nc1ccc(CC2CCCCN2CC2COC(=O)N2c2ccc(F)cc2)cc1. The molecule has 0 radical (unpaired) electrons. The number of hydrogen-bond donors (Lipinski definition) is 1. The van der Waals surface area contributed by atoms with Crippen LogP contribution in [0.4, 0.5) is 20.6 Å². The Morgan fingerprint density at radius 1 is 1.10 bits per heavy atom. The highest BCUT2D eigenvalue weighted by molar-refractivity contribution is 5.90. The Hall–Kier alpha value is -2.93. The molecule has 2 atom stereocenters. The van der Waals surface area contributed by atoms with E-state index in [1.54, 1.807) is 17.0 Å². The predicted octanol–water partition coefficient (Wildman–Crippen LogP) is 4.21. The van der Waals surface area contributed by atoms with Crippen LogP contribution in [0, 0.1) is 5.82 Å². The number of ether oxygens (including phenoxy) is 1.